The molecular formula is C22H29N5O3. The number of aromatic nitrogens is 2. The quantitative estimate of drug-likeness (QED) is 0.640. The van der Waals surface area contributed by atoms with Crippen molar-refractivity contribution in [2.75, 3.05) is 45.4 Å². The highest BCUT2D eigenvalue weighted by molar-refractivity contribution is 5.54. The Morgan fingerprint density at radius 3 is 2.87 bits per heavy atom. The van der Waals surface area contributed by atoms with Gasteiger partial charge in [0.1, 0.15) is 11.9 Å². The zero-order chi connectivity index (χ0) is 21.5. The molecule has 1 aromatic carbocycles. The highest BCUT2D eigenvalue weighted by Gasteiger charge is 2.28. The third kappa shape index (κ3) is 5.05. The van der Waals surface area contributed by atoms with Crippen LogP contribution in [-0.4, -0.2) is 66.5 Å². The van der Waals surface area contributed by atoms with Gasteiger partial charge in [0, 0.05) is 33.2 Å². The number of aliphatic hydroxyl groups excluding tert-OH is 1. The van der Waals surface area contributed by atoms with Crippen LogP contribution in [0.25, 0.3) is 0 Å². The minimum absolute atomic E-state index is 0.00619. The second-order valence-electron chi connectivity index (χ2n) is 7.67. The summed E-state index contributed by atoms with van der Waals surface area (Å²) in [7, 11) is 3.73. The van der Waals surface area contributed by atoms with Crippen molar-refractivity contribution in [3.05, 3.63) is 57.1 Å². The molecule has 0 spiro atoms. The van der Waals surface area contributed by atoms with E-state index in [-0.39, 0.29) is 18.2 Å². The van der Waals surface area contributed by atoms with Crippen molar-refractivity contribution in [1.82, 2.24) is 14.9 Å². The SMILES string of the molecule is COCCN(C)Cc1ccccc1Cc1nc(N2CCC[C@H]2CO)c(C#N)c(=O)[nH]1. The predicted molar refractivity (Wildman–Crippen MR) is 114 cm³/mol. The molecule has 0 unspecified atom stereocenters. The number of aliphatic hydroxyl groups is 1. The average Bonchev–Trinajstić information content (AvgIpc) is 3.22. The molecule has 2 N–H and O–H groups in total. The number of aromatic amines is 1. The van der Waals surface area contributed by atoms with E-state index in [0.29, 0.717) is 31.2 Å². The summed E-state index contributed by atoms with van der Waals surface area (Å²) in [4.78, 5) is 24.1. The normalized spacial score (nSPS) is 16.2. The summed E-state index contributed by atoms with van der Waals surface area (Å²) in [5, 5.41) is 19.2. The lowest BCUT2D eigenvalue weighted by molar-refractivity contribution is 0.158. The van der Waals surface area contributed by atoms with Crippen molar-refractivity contribution in [1.29, 1.82) is 5.26 Å². The Kier molecular flexibility index (Phi) is 7.57. The van der Waals surface area contributed by atoms with Crippen LogP contribution in [0.15, 0.2) is 29.1 Å². The highest BCUT2D eigenvalue weighted by atomic mass is 16.5. The van der Waals surface area contributed by atoms with Gasteiger partial charge in [0.05, 0.1) is 19.3 Å². The van der Waals surface area contributed by atoms with Gasteiger partial charge < -0.3 is 19.7 Å². The maximum atomic E-state index is 12.6. The van der Waals surface area contributed by atoms with Crippen LogP contribution in [0.3, 0.4) is 0 Å². The molecular weight excluding hydrogens is 382 g/mol. The van der Waals surface area contributed by atoms with Gasteiger partial charge in [-0.15, -0.1) is 0 Å². The van der Waals surface area contributed by atoms with Crippen molar-refractivity contribution in [2.24, 2.45) is 0 Å². The van der Waals surface area contributed by atoms with Crippen molar-refractivity contribution in [2.45, 2.75) is 31.8 Å². The van der Waals surface area contributed by atoms with E-state index in [0.717, 1.165) is 37.1 Å². The van der Waals surface area contributed by atoms with Crippen molar-refractivity contribution < 1.29 is 9.84 Å². The number of anilines is 1. The number of nitrogens with zero attached hydrogens (tertiary/aromatic N) is 4. The molecule has 1 saturated heterocycles. The van der Waals surface area contributed by atoms with Gasteiger partial charge in [-0.25, -0.2) is 4.98 Å². The number of benzene rings is 1. The topological polar surface area (TPSA) is 105 Å². The van der Waals surface area contributed by atoms with Gasteiger partial charge in [0.2, 0.25) is 0 Å². The summed E-state index contributed by atoms with van der Waals surface area (Å²) in [5.41, 5.74) is 1.79. The molecule has 2 heterocycles. The molecule has 1 aromatic heterocycles. The van der Waals surface area contributed by atoms with E-state index < -0.39 is 5.56 Å². The number of H-pyrrole nitrogens is 1. The molecule has 1 aliphatic heterocycles. The molecule has 0 aliphatic carbocycles. The standard InChI is InChI=1S/C22H29N5O3/c1-26(10-11-30-2)14-17-7-4-3-6-16(17)12-20-24-21(19(13-23)22(29)25-20)27-9-5-8-18(27)15-28/h3-4,6-7,18,28H,5,8-12,14-15H2,1-2H3,(H,24,25,29)/t18-/m0/s1. The average molecular weight is 412 g/mol. The van der Waals surface area contributed by atoms with Crippen LogP contribution in [0.2, 0.25) is 0 Å². The Bertz CT molecular complexity index is 953. The number of hydrogen-bond acceptors (Lipinski definition) is 7. The van der Waals surface area contributed by atoms with E-state index in [1.807, 2.05) is 36.2 Å². The summed E-state index contributed by atoms with van der Waals surface area (Å²) in [6.07, 6.45) is 2.18. The highest BCUT2D eigenvalue weighted by Crippen LogP contribution is 2.25. The fraction of sp³-hybridized carbons (Fsp3) is 0.500. The number of rotatable bonds is 9. The molecule has 30 heavy (non-hydrogen) atoms. The van der Waals surface area contributed by atoms with Crippen LogP contribution >= 0.6 is 0 Å². The molecule has 0 radical (unpaired) electrons. The summed E-state index contributed by atoms with van der Waals surface area (Å²) >= 11 is 0. The van der Waals surface area contributed by atoms with E-state index in [2.05, 4.69) is 20.9 Å². The molecule has 0 bridgehead atoms. The Morgan fingerprint density at radius 1 is 1.40 bits per heavy atom. The molecule has 160 valence electrons. The Labute approximate surface area is 176 Å². The summed E-state index contributed by atoms with van der Waals surface area (Å²) in [6, 6.07) is 9.95. The first-order valence-corrected chi connectivity index (χ1v) is 10.2. The van der Waals surface area contributed by atoms with E-state index in [4.69, 9.17) is 4.74 Å². The lowest BCUT2D eigenvalue weighted by atomic mass is 10.0. The number of methoxy groups -OCH3 is 1. The number of nitriles is 1. The lowest BCUT2D eigenvalue weighted by Gasteiger charge is -2.25. The van der Waals surface area contributed by atoms with Crippen molar-refractivity contribution in [3.63, 3.8) is 0 Å². The summed E-state index contributed by atoms with van der Waals surface area (Å²) in [5.74, 6) is 0.895. The van der Waals surface area contributed by atoms with Gasteiger partial charge in [-0.2, -0.15) is 5.26 Å². The first kappa shape index (κ1) is 22.0. The van der Waals surface area contributed by atoms with Gasteiger partial charge >= 0.3 is 0 Å². The van der Waals surface area contributed by atoms with Gasteiger partial charge in [-0.3, -0.25) is 9.69 Å². The first-order valence-electron chi connectivity index (χ1n) is 10.2. The van der Waals surface area contributed by atoms with Crippen LogP contribution in [0.5, 0.6) is 0 Å². The molecule has 1 fully saturated rings. The molecule has 1 aliphatic rings. The van der Waals surface area contributed by atoms with Crippen molar-refractivity contribution >= 4 is 5.82 Å². The molecule has 0 saturated carbocycles. The third-order valence-electron chi connectivity index (χ3n) is 5.51. The number of hydrogen-bond donors (Lipinski definition) is 2. The Balaban J connectivity index is 1.89. The number of likely N-dealkylation sites (N-methyl/N-ethyl adjacent to an activating group) is 1. The second-order valence-corrected chi connectivity index (χ2v) is 7.67. The summed E-state index contributed by atoms with van der Waals surface area (Å²) < 4.78 is 5.15. The van der Waals surface area contributed by atoms with Gasteiger partial charge in [-0.1, -0.05) is 24.3 Å². The number of ether oxygens (including phenoxy) is 1. The van der Waals surface area contributed by atoms with Gasteiger partial charge in [0.15, 0.2) is 11.4 Å². The molecule has 8 nitrogen and oxygen atoms in total. The molecule has 0 amide bonds. The molecule has 1 atom stereocenters. The van der Waals surface area contributed by atoms with E-state index in [1.54, 1.807) is 7.11 Å². The summed E-state index contributed by atoms with van der Waals surface area (Å²) in [6.45, 7) is 2.89. The van der Waals surface area contributed by atoms with E-state index >= 15 is 0 Å². The second kappa shape index (κ2) is 10.3. The maximum absolute atomic E-state index is 12.6. The lowest BCUT2D eigenvalue weighted by Crippen LogP contribution is -2.35. The van der Waals surface area contributed by atoms with E-state index in [1.165, 1.54) is 0 Å². The van der Waals surface area contributed by atoms with Gasteiger partial charge in [0.25, 0.3) is 5.56 Å². The fourth-order valence-electron chi connectivity index (χ4n) is 3.89. The minimum Gasteiger partial charge on any atom is -0.394 e. The Morgan fingerprint density at radius 2 is 2.17 bits per heavy atom. The first-order chi connectivity index (χ1) is 14.6. The van der Waals surface area contributed by atoms with Crippen LogP contribution < -0.4 is 10.5 Å². The fourth-order valence-corrected chi connectivity index (χ4v) is 3.89. The molecule has 3 rings (SSSR count). The van der Waals surface area contributed by atoms with Crippen LogP contribution in [0.4, 0.5) is 5.82 Å². The maximum Gasteiger partial charge on any atom is 0.271 e. The van der Waals surface area contributed by atoms with Crippen LogP contribution in [0.1, 0.15) is 35.4 Å². The largest absolute Gasteiger partial charge is 0.394 e. The minimum atomic E-state index is -0.434. The van der Waals surface area contributed by atoms with Crippen LogP contribution in [0, 0.1) is 11.3 Å². The van der Waals surface area contributed by atoms with E-state index in [9.17, 15) is 15.2 Å². The smallest absolute Gasteiger partial charge is 0.271 e. The third-order valence-corrected chi connectivity index (χ3v) is 5.51. The van der Waals surface area contributed by atoms with Crippen LogP contribution in [-0.2, 0) is 17.7 Å². The van der Waals surface area contributed by atoms with Gasteiger partial charge in [-0.05, 0) is 31.0 Å². The zero-order valence-corrected chi connectivity index (χ0v) is 17.6. The monoisotopic (exact) mass is 411 g/mol. The zero-order valence-electron chi connectivity index (χ0n) is 17.6. The predicted octanol–water partition coefficient (Wildman–Crippen LogP) is 1.27. The molecule has 8 heteroatoms. The number of nitrogens with one attached hydrogen (secondary N) is 1. The van der Waals surface area contributed by atoms with Crippen molar-refractivity contribution in [3.8, 4) is 6.07 Å². The molecule has 2 aromatic rings. The Hall–Kier alpha value is -2.73.